The summed E-state index contributed by atoms with van der Waals surface area (Å²) in [6.07, 6.45) is 0.341. The number of halogens is 3. The van der Waals surface area contributed by atoms with Crippen LogP contribution in [0, 0.1) is 0 Å². The molecule has 20 heavy (non-hydrogen) atoms. The number of hydrogen-bond acceptors (Lipinski definition) is 1. The smallest absolute Gasteiger partial charge is 0.311 e. The molecule has 1 N–H and O–H groups in total. The van der Waals surface area contributed by atoms with E-state index in [1.54, 1.807) is 36.4 Å². The maximum absolute atomic E-state index is 11.5. The van der Waals surface area contributed by atoms with E-state index < -0.39 is 11.9 Å². The number of carboxylic acids is 1. The maximum atomic E-state index is 11.5. The predicted octanol–water partition coefficient (Wildman–Crippen LogP) is 5.06. The molecule has 2 aromatic rings. The van der Waals surface area contributed by atoms with Gasteiger partial charge >= 0.3 is 5.97 Å². The van der Waals surface area contributed by atoms with Gasteiger partial charge in [0.1, 0.15) is 0 Å². The van der Waals surface area contributed by atoms with Crippen LogP contribution in [0.2, 0.25) is 15.1 Å². The molecule has 0 radical (unpaired) electrons. The van der Waals surface area contributed by atoms with Gasteiger partial charge < -0.3 is 5.11 Å². The number of carboxylic acid groups (broad SMARTS) is 1. The second-order valence-electron chi connectivity index (χ2n) is 4.40. The van der Waals surface area contributed by atoms with Gasteiger partial charge in [0.05, 0.1) is 16.0 Å². The highest BCUT2D eigenvalue weighted by Gasteiger charge is 2.21. The molecule has 1 unspecified atom stereocenters. The van der Waals surface area contributed by atoms with Crippen molar-refractivity contribution in [3.8, 4) is 0 Å². The Morgan fingerprint density at radius 2 is 1.80 bits per heavy atom. The van der Waals surface area contributed by atoms with Crippen LogP contribution in [0.1, 0.15) is 17.0 Å². The van der Waals surface area contributed by atoms with Crippen LogP contribution in [0.25, 0.3) is 0 Å². The molecule has 104 valence electrons. The quantitative estimate of drug-likeness (QED) is 0.851. The number of carbonyl (C=O) groups is 1. The maximum Gasteiger partial charge on any atom is 0.311 e. The van der Waals surface area contributed by atoms with Crippen LogP contribution in [0.4, 0.5) is 0 Å². The van der Waals surface area contributed by atoms with Crippen molar-refractivity contribution in [3.63, 3.8) is 0 Å². The Labute approximate surface area is 131 Å². The molecule has 0 aliphatic carbocycles. The summed E-state index contributed by atoms with van der Waals surface area (Å²) in [5.41, 5.74) is 1.47. The molecule has 1 atom stereocenters. The minimum absolute atomic E-state index is 0.341. The van der Waals surface area contributed by atoms with Crippen LogP contribution in [-0.4, -0.2) is 11.1 Å². The number of rotatable bonds is 4. The third-order valence-electron chi connectivity index (χ3n) is 2.97. The summed E-state index contributed by atoms with van der Waals surface area (Å²) < 4.78 is 0. The zero-order valence-corrected chi connectivity index (χ0v) is 12.6. The molecule has 0 bridgehead atoms. The molecular formula is C15H11Cl3O2. The molecule has 0 aliphatic heterocycles. The minimum Gasteiger partial charge on any atom is -0.481 e. The first-order chi connectivity index (χ1) is 9.47. The van der Waals surface area contributed by atoms with E-state index in [9.17, 15) is 9.90 Å². The Balaban J connectivity index is 2.32. The topological polar surface area (TPSA) is 37.3 Å². The first kappa shape index (κ1) is 15.2. The van der Waals surface area contributed by atoms with Crippen molar-refractivity contribution >= 4 is 40.8 Å². The number of aliphatic carboxylic acids is 1. The molecule has 2 nitrogen and oxygen atoms in total. The van der Waals surface area contributed by atoms with E-state index in [2.05, 4.69) is 0 Å². The summed E-state index contributed by atoms with van der Waals surface area (Å²) >= 11 is 17.7. The molecule has 0 aromatic heterocycles. The Morgan fingerprint density at radius 1 is 1.05 bits per heavy atom. The van der Waals surface area contributed by atoms with E-state index >= 15 is 0 Å². The van der Waals surface area contributed by atoms with Gasteiger partial charge in [0.2, 0.25) is 0 Å². The van der Waals surface area contributed by atoms with Crippen molar-refractivity contribution in [2.45, 2.75) is 12.3 Å². The Morgan fingerprint density at radius 3 is 2.40 bits per heavy atom. The third kappa shape index (κ3) is 3.66. The van der Waals surface area contributed by atoms with Gasteiger partial charge in [0.25, 0.3) is 0 Å². The summed E-state index contributed by atoms with van der Waals surface area (Å²) in [6, 6.07) is 12.0. The largest absolute Gasteiger partial charge is 0.481 e. The molecule has 0 heterocycles. The molecule has 0 saturated carbocycles. The number of benzene rings is 2. The molecule has 0 aliphatic rings. The average Bonchev–Trinajstić information content (AvgIpc) is 2.39. The van der Waals surface area contributed by atoms with Gasteiger partial charge in [-0.3, -0.25) is 4.79 Å². The van der Waals surface area contributed by atoms with Crippen molar-refractivity contribution in [1.82, 2.24) is 0 Å². The zero-order valence-electron chi connectivity index (χ0n) is 10.3. The lowest BCUT2D eigenvalue weighted by atomic mass is 9.92. The van der Waals surface area contributed by atoms with Crippen molar-refractivity contribution in [3.05, 3.63) is 68.7 Å². The van der Waals surface area contributed by atoms with E-state index in [1.165, 1.54) is 0 Å². The van der Waals surface area contributed by atoms with E-state index in [-0.39, 0.29) is 0 Å². The molecule has 0 amide bonds. The Kier molecular flexibility index (Phi) is 4.92. The normalized spacial score (nSPS) is 12.2. The average molecular weight is 330 g/mol. The minimum atomic E-state index is -0.914. The highest BCUT2D eigenvalue weighted by molar-refractivity contribution is 6.42. The van der Waals surface area contributed by atoms with Crippen LogP contribution in [0.5, 0.6) is 0 Å². The predicted molar refractivity (Wildman–Crippen MR) is 82.0 cm³/mol. The summed E-state index contributed by atoms with van der Waals surface area (Å²) in [6.45, 7) is 0. The van der Waals surface area contributed by atoms with Gasteiger partial charge in [-0.2, -0.15) is 0 Å². The molecule has 2 aromatic carbocycles. The SMILES string of the molecule is O=C(O)C(Cc1cccc(Cl)c1)c1ccc(Cl)c(Cl)c1. The second-order valence-corrected chi connectivity index (χ2v) is 5.65. The fourth-order valence-corrected chi connectivity index (χ4v) is 2.50. The van der Waals surface area contributed by atoms with E-state index in [0.29, 0.717) is 27.1 Å². The van der Waals surface area contributed by atoms with Gasteiger partial charge in [-0.1, -0.05) is 53.0 Å². The lowest BCUT2D eigenvalue weighted by Gasteiger charge is -2.14. The summed E-state index contributed by atoms with van der Waals surface area (Å²) in [5.74, 6) is -1.61. The molecule has 0 saturated heterocycles. The summed E-state index contributed by atoms with van der Waals surface area (Å²) in [4.78, 5) is 11.5. The monoisotopic (exact) mass is 328 g/mol. The van der Waals surface area contributed by atoms with Gasteiger partial charge in [0, 0.05) is 5.02 Å². The van der Waals surface area contributed by atoms with E-state index in [0.717, 1.165) is 5.56 Å². The highest BCUT2D eigenvalue weighted by atomic mass is 35.5. The van der Waals surface area contributed by atoms with Crippen LogP contribution in [-0.2, 0) is 11.2 Å². The molecule has 0 spiro atoms. The highest BCUT2D eigenvalue weighted by Crippen LogP contribution is 2.29. The lowest BCUT2D eigenvalue weighted by Crippen LogP contribution is -2.14. The fourth-order valence-electron chi connectivity index (χ4n) is 1.98. The van der Waals surface area contributed by atoms with Crippen LogP contribution in [0.3, 0.4) is 0 Å². The third-order valence-corrected chi connectivity index (χ3v) is 3.95. The van der Waals surface area contributed by atoms with Gasteiger partial charge in [0.15, 0.2) is 0 Å². The Bertz CT molecular complexity index is 641. The molecule has 5 heteroatoms. The number of hydrogen-bond donors (Lipinski definition) is 1. The first-order valence-electron chi connectivity index (χ1n) is 5.89. The van der Waals surface area contributed by atoms with Crippen LogP contribution in [0.15, 0.2) is 42.5 Å². The molecule has 2 rings (SSSR count). The standard InChI is InChI=1S/C15H11Cl3O2/c16-11-3-1-2-9(6-11)7-12(15(19)20)10-4-5-13(17)14(18)8-10/h1-6,8,12H,7H2,(H,19,20). The van der Waals surface area contributed by atoms with Crippen LogP contribution >= 0.6 is 34.8 Å². The second kappa shape index (κ2) is 6.49. The van der Waals surface area contributed by atoms with Crippen molar-refractivity contribution in [2.24, 2.45) is 0 Å². The summed E-state index contributed by atoms with van der Waals surface area (Å²) in [5, 5.41) is 10.7. The first-order valence-corrected chi connectivity index (χ1v) is 7.03. The Hall–Kier alpha value is -1.22. The zero-order chi connectivity index (χ0) is 14.7. The lowest BCUT2D eigenvalue weighted by molar-refractivity contribution is -0.138. The van der Waals surface area contributed by atoms with Crippen molar-refractivity contribution in [2.75, 3.05) is 0 Å². The molecular weight excluding hydrogens is 319 g/mol. The van der Waals surface area contributed by atoms with E-state index in [4.69, 9.17) is 34.8 Å². The van der Waals surface area contributed by atoms with Gasteiger partial charge in [-0.15, -0.1) is 0 Å². The fraction of sp³-hybridized carbons (Fsp3) is 0.133. The van der Waals surface area contributed by atoms with Crippen molar-refractivity contribution < 1.29 is 9.90 Å². The van der Waals surface area contributed by atoms with Gasteiger partial charge in [-0.25, -0.2) is 0 Å². The summed E-state index contributed by atoms with van der Waals surface area (Å²) in [7, 11) is 0. The van der Waals surface area contributed by atoms with E-state index in [1.807, 2.05) is 6.07 Å². The molecule has 0 fully saturated rings. The van der Waals surface area contributed by atoms with Gasteiger partial charge in [-0.05, 0) is 41.8 Å². The van der Waals surface area contributed by atoms with Crippen LogP contribution < -0.4 is 0 Å². The van der Waals surface area contributed by atoms with Crippen molar-refractivity contribution in [1.29, 1.82) is 0 Å².